The van der Waals surface area contributed by atoms with Crippen LogP contribution in [0.2, 0.25) is 0 Å². The third-order valence-electron chi connectivity index (χ3n) is 7.11. The number of hydrogen-bond donors (Lipinski definition) is 2. The standard InChI is InChI=1S/C32H37N3O6/c1-5-39-28(40-6-2)20-35-27-15-11-10-14-26(27)32(30(35)37,34-31(38)41-21-24-12-8-7-9-13-24)23(4)29(36)33-25-18-16-22(3)17-19-25/h7-19,23,28H,5-6,20-21H2,1-4H3,(H,33,36)(H,34,38)/t23-,32+/m0/s1. The van der Waals surface area contributed by atoms with Gasteiger partial charge in [-0.15, -0.1) is 0 Å². The first kappa shape index (κ1) is 29.8. The molecule has 0 unspecified atom stereocenters. The van der Waals surface area contributed by atoms with E-state index in [0.717, 1.165) is 11.1 Å². The van der Waals surface area contributed by atoms with Gasteiger partial charge in [0.2, 0.25) is 5.91 Å². The lowest BCUT2D eigenvalue weighted by atomic mass is 9.79. The molecule has 1 aliphatic rings. The molecule has 9 nitrogen and oxygen atoms in total. The van der Waals surface area contributed by atoms with Crippen molar-refractivity contribution < 1.29 is 28.6 Å². The Morgan fingerprint density at radius 1 is 0.902 bits per heavy atom. The van der Waals surface area contributed by atoms with Gasteiger partial charge in [-0.3, -0.25) is 9.59 Å². The lowest BCUT2D eigenvalue weighted by molar-refractivity contribution is -0.140. The van der Waals surface area contributed by atoms with Gasteiger partial charge in [0, 0.05) is 24.5 Å². The number of anilines is 2. The van der Waals surface area contributed by atoms with Crippen LogP contribution in [0.1, 0.15) is 37.5 Å². The molecule has 0 aliphatic carbocycles. The maximum absolute atomic E-state index is 14.4. The van der Waals surface area contributed by atoms with Gasteiger partial charge >= 0.3 is 6.09 Å². The Kier molecular flexibility index (Phi) is 9.75. The highest BCUT2D eigenvalue weighted by atomic mass is 16.7. The first-order chi connectivity index (χ1) is 19.8. The summed E-state index contributed by atoms with van der Waals surface area (Å²) in [5.74, 6) is -1.94. The van der Waals surface area contributed by atoms with Crippen molar-refractivity contribution in [2.75, 3.05) is 30.0 Å². The lowest BCUT2D eigenvalue weighted by Crippen LogP contribution is -2.60. The van der Waals surface area contributed by atoms with Crippen LogP contribution in [-0.2, 0) is 35.9 Å². The minimum atomic E-state index is -1.75. The van der Waals surface area contributed by atoms with E-state index in [9.17, 15) is 14.4 Å². The Morgan fingerprint density at radius 3 is 2.20 bits per heavy atom. The number of ether oxygens (including phenoxy) is 3. The Bertz CT molecular complexity index is 1340. The minimum Gasteiger partial charge on any atom is -0.445 e. The fraction of sp³-hybridized carbons (Fsp3) is 0.344. The second-order valence-electron chi connectivity index (χ2n) is 9.84. The molecular formula is C32H37N3O6. The zero-order valence-electron chi connectivity index (χ0n) is 23.9. The number of para-hydroxylation sites is 1. The summed E-state index contributed by atoms with van der Waals surface area (Å²) in [6.07, 6.45) is -1.51. The van der Waals surface area contributed by atoms with E-state index in [4.69, 9.17) is 14.2 Å². The molecule has 0 bridgehead atoms. The van der Waals surface area contributed by atoms with Crippen molar-refractivity contribution in [1.82, 2.24) is 5.32 Å². The number of amides is 3. The molecule has 3 aromatic carbocycles. The SMILES string of the molecule is CCOC(CN1C(=O)[C@@](NC(=O)OCc2ccccc2)([C@@H](C)C(=O)Nc2ccc(C)cc2)c2ccccc21)OCC. The van der Waals surface area contributed by atoms with E-state index in [1.807, 2.05) is 63.2 Å². The van der Waals surface area contributed by atoms with Crippen molar-refractivity contribution in [3.63, 3.8) is 0 Å². The summed E-state index contributed by atoms with van der Waals surface area (Å²) in [7, 11) is 0. The van der Waals surface area contributed by atoms with Crippen molar-refractivity contribution in [2.45, 2.75) is 46.1 Å². The molecule has 216 valence electrons. The number of aryl methyl sites for hydroxylation is 1. The summed E-state index contributed by atoms with van der Waals surface area (Å²) in [6, 6.07) is 23.7. The van der Waals surface area contributed by atoms with Gasteiger partial charge < -0.3 is 29.7 Å². The summed E-state index contributed by atoms with van der Waals surface area (Å²) in [5, 5.41) is 5.71. The van der Waals surface area contributed by atoms with Crippen LogP contribution in [0.5, 0.6) is 0 Å². The number of alkyl carbamates (subject to hydrolysis) is 1. The zero-order valence-corrected chi connectivity index (χ0v) is 23.9. The first-order valence-corrected chi connectivity index (χ1v) is 13.8. The molecule has 2 N–H and O–H groups in total. The highest BCUT2D eigenvalue weighted by molar-refractivity contribution is 6.12. The first-order valence-electron chi connectivity index (χ1n) is 13.8. The van der Waals surface area contributed by atoms with E-state index >= 15 is 0 Å². The van der Waals surface area contributed by atoms with Crippen molar-refractivity contribution in [2.24, 2.45) is 5.92 Å². The van der Waals surface area contributed by atoms with Gasteiger partial charge in [0.05, 0.1) is 18.2 Å². The maximum Gasteiger partial charge on any atom is 0.408 e. The summed E-state index contributed by atoms with van der Waals surface area (Å²) >= 11 is 0. The van der Waals surface area contributed by atoms with Gasteiger partial charge in [-0.2, -0.15) is 0 Å². The van der Waals surface area contributed by atoms with Crippen LogP contribution in [0.3, 0.4) is 0 Å². The van der Waals surface area contributed by atoms with Crippen LogP contribution in [0.4, 0.5) is 16.2 Å². The monoisotopic (exact) mass is 559 g/mol. The predicted molar refractivity (Wildman–Crippen MR) is 156 cm³/mol. The molecule has 0 radical (unpaired) electrons. The molecule has 9 heteroatoms. The Morgan fingerprint density at radius 2 is 1.54 bits per heavy atom. The van der Waals surface area contributed by atoms with Gasteiger partial charge in [0.1, 0.15) is 6.61 Å². The molecule has 1 heterocycles. The van der Waals surface area contributed by atoms with Crippen molar-refractivity contribution in [1.29, 1.82) is 0 Å². The van der Waals surface area contributed by atoms with E-state index in [0.29, 0.717) is 30.2 Å². The van der Waals surface area contributed by atoms with Crippen molar-refractivity contribution in [3.8, 4) is 0 Å². The molecule has 0 saturated heterocycles. The topological polar surface area (TPSA) is 106 Å². The highest BCUT2D eigenvalue weighted by Gasteiger charge is 2.58. The van der Waals surface area contributed by atoms with Crippen LogP contribution in [0, 0.1) is 12.8 Å². The number of nitrogens with one attached hydrogen (secondary N) is 2. The van der Waals surface area contributed by atoms with Gasteiger partial charge in [0.15, 0.2) is 11.8 Å². The average molecular weight is 560 g/mol. The maximum atomic E-state index is 14.4. The quantitative estimate of drug-likeness (QED) is 0.298. The Balaban J connectivity index is 1.70. The third-order valence-corrected chi connectivity index (χ3v) is 7.11. The number of carbonyl (C=O) groups is 3. The van der Waals surface area contributed by atoms with E-state index < -0.39 is 35.7 Å². The summed E-state index contributed by atoms with van der Waals surface area (Å²) in [4.78, 5) is 43.0. The summed E-state index contributed by atoms with van der Waals surface area (Å²) < 4.78 is 17.0. The minimum absolute atomic E-state index is 0.00298. The molecule has 41 heavy (non-hydrogen) atoms. The number of carbonyl (C=O) groups excluding carboxylic acids is 3. The van der Waals surface area contributed by atoms with Crippen LogP contribution in [0.25, 0.3) is 0 Å². The van der Waals surface area contributed by atoms with E-state index in [1.165, 1.54) is 4.90 Å². The molecule has 2 atom stereocenters. The van der Waals surface area contributed by atoms with Crippen LogP contribution >= 0.6 is 0 Å². The Hall–Kier alpha value is -4.21. The van der Waals surface area contributed by atoms with Crippen LogP contribution < -0.4 is 15.5 Å². The molecule has 0 saturated carbocycles. The summed E-state index contributed by atoms with van der Waals surface area (Å²) in [6.45, 7) is 8.12. The van der Waals surface area contributed by atoms with Crippen molar-refractivity contribution >= 4 is 29.3 Å². The second kappa shape index (κ2) is 13.4. The molecular weight excluding hydrogens is 522 g/mol. The Labute approximate surface area is 240 Å². The van der Waals surface area contributed by atoms with Gasteiger partial charge in [-0.05, 0) is 44.5 Å². The number of benzene rings is 3. The highest BCUT2D eigenvalue weighted by Crippen LogP contribution is 2.45. The summed E-state index contributed by atoms with van der Waals surface area (Å²) in [5.41, 5.74) is 1.71. The van der Waals surface area contributed by atoms with Crippen LogP contribution in [-0.4, -0.2) is 44.0 Å². The average Bonchev–Trinajstić information content (AvgIpc) is 3.21. The smallest absolute Gasteiger partial charge is 0.408 e. The normalized spacial score (nSPS) is 16.8. The van der Waals surface area contributed by atoms with Crippen molar-refractivity contribution in [3.05, 3.63) is 95.6 Å². The third kappa shape index (κ3) is 6.58. The number of rotatable bonds is 12. The largest absolute Gasteiger partial charge is 0.445 e. The van der Waals surface area contributed by atoms with Crippen LogP contribution in [0.15, 0.2) is 78.9 Å². The molecule has 1 aliphatic heterocycles. The van der Waals surface area contributed by atoms with E-state index in [1.54, 1.807) is 43.3 Å². The molecule has 0 spiro atoms. The molecule has 4 rings (SSSR count). The lowest BCUT2D eigenvalue weighted by Gasteiger charge is -2.34. The molecule has 3 aromatic rings. The zero-order chi connectivity index (χ0) is 29.4. The molecule has 0 fully saturated rings. The van der Waals surface area contributed by atoms with Gasteiger partial charge in [-0.25, -0.2) is 4.79 Å². The predicted octanol–water partition coefficient (Wildman–Crippen LogP) is 5.14. The van der Waals surface area contributed by atoms with Gasteiger partial charge in [-0.1, -0.05) is 73.2 Å². The number of hydrogen-bond acceptors (Lipinski definition) is 6. The number of nitrogens with zero attached hydrogens (tertiary/aromatic N) is 1. The molecule has 0 aromatic heterocycles. The number of fused-ring (bicyclic) bond motifs is 1. The fourth-order valence-electron chi connectivity index (χ4n) is 4.99. The molecule has 3 amide bonds. The van der Waals surface area contributed by atoms with E-state index in [2.05, 4.69) is 10.6 Å². The van der Waals surface area contributed by atoms with E-state index in [-0.39, 0.29) is 13.2 Å². The fourth-order valence-corrected chi connectivity index (χ4v) is 4.99. The second-order valence-corrected chi connectivity index (χ2v) is 9.84. The van der Waals surface area contributed by atoms with Gasteiger partial charge in [0.25, 0.3) is 5.91 Å².